The number of amides is 1. The molecule has 0 fully saturated rings. The number of nitrogens with zero attached hydrogens (tertiary/aromatic N) is 2. The first-order valence-electron chi connectivity index (χ1n) is 6.65. The maximum atomic E-state index is 12.8. The maximum absolute atomic E-state index is 12.8. The van der Waals surface area contributed by atoms with Crippen LogP contribution < -0.4 is 10.6 Å². The van der Waals surface area contributed by atoms with Gasteiger partial charge in [0.1, 0.15) is 11.6 Å². The van der Waals surface area contributed by atoms with E-state index < -0.39 is 0 Å². The van der Waals surface area contributed by atoms with Gasteiger partial charge in [-0.05, 0) is 43.2 Å². The lowest BCUT2D eigenvalue weighted by Gasteiger charge is -2.13. The predicted molar refractivity (Wildman–Crippen MR) is 78.6 cm³/mol. The number of aromatic nitrogens is 2. The second-order valence-electron chi connectivity index (χ2n) is 4.76. The van der Waals surface area contributed by atoms with E-state index in [1.54, 1.807) is 31.3 Å². The highest BCUT2D eigenvalue weighted by atomic mass is 19.1. The van der Waals surface area contributed by atoms with Crippen molar-refractivity contribution in [2.45, 2.75) is 19.4 Å². The molecule has 1 unspecified atom stereocenters. The highest BCUT2D eigenvalue weighted by Gasteiger charge is 2.12. The lowest BCUT2D eigenvalue weighted by Crippen LogP contribution is -2.34. The van der Waals surface area contributed by atoms with Gasteiger partial charge in [0, 0.05) is 13.1 Å². The van der Waals surface area contributed by atoms with Gasteiger partial charge in [-0.2, -0.15) is 0 Å². The van der Waals surface area contributed by atoms with Gasteiger partial charge >= 0.3 is 0 Å². The maximum Gasteiger partial charge on any atom is 0.272 e. The molecule has 5 nitrogen and oxygen atoms in total. The number of hydrogen-bond acceptors (Lipinski definition) is 4. The number of benzene rings is 1. The summed E-state index contributed by atoms with van der Waals surface area (Å²) in [5.41, 5.74) is 1.22. The summed E-state index contributed by atoms with van der Waals surface area (Å²) >= 11 is 0. The molecule has 1 aromatic carbocycles. The molecule has 6 heteroatoms. The summed E-state index contributed by atoms with van der Waals surface area (Å²) in [6.07, 6.45) is 0.619. The standard InChI is InChI=1S/C15H17FN4O/c1-10(9-11-3-5-12(16)6-4-11)18-15(21)13-7-8-14(17-2)20-19-13/h3-8,10H,9H2,1-2H3,(H,17,20)(H,18,21). The van der Waals surface area contributed by atoms with Gasteiger partial charge < -0.3 is 10.6 Å². The Morgan fingerprint density at radius 2 is 1.90 bits per heavy atom. The molecule has 0 aliphatic rings. The van der Waals surface area contributed by atoms with E-state index in [0.29, 0.717) is 12.2 Å². The molecular formula is C15H17FN4O. The summed E-state index contributed by atoms with van der Waals surface area (Å²) in [5.74, 6) is 0.0565. The Morgan fingerprint density at radius 3 is 2.48 bits per heavy atom. The molecule has 1 aromatic heterocycles. The van der Waals surface area contributed by atoms with Crippen molar-refractivity contribution < 1.29 is 9.18 Å². The number of anilines is 1. The van der Waals surface area contributed by atoms with Crippen LogP contribution in [0, 0.1) is 5.82 Å². The normalized spacial score (nSPS) is 11.8. The lowest BCUT2D eigenvalue weighted by molar-refractivity contribution is 0.0934. The highest BCUT2D eigenvalue weighted by Crippen LogP contribution is 2.06. The van der Waals surface area contributed by atoms with E-state index in [9.17, 15) is 9.18 Å². The quantitative estimate of drug-likeness (QED) is 0.883. The molecule has 0 aliphatic heterocycles. The fraction of sp³-hybridized carbons (Fsp3) is 0.267. The third-order valence-corrected chi connectivity index (χ3v) is 2.99. The highest BCUT2D eigenvalue weighted by molar-refractivity contribution is 5.92. The van der Waals surface area contributed by atoms with Crippen LogP contribution in [0.15, 0.2) is 36.4 Å². The van der Waals surface area contributed by atoms with Crippen LogP contribution >= 0.6 is 0 Å². The minimum absolute atomic E-state index is 0.0891. The van der Waals surface area contributed by atoms with E-state index in [4.69, 9.17) is 0 Å². The zero-order valence-electron chi connectivity index (χ0n) is 11.9. The summed E-state index contributed by atoms with van der Waals surface area (Å²) in [5, 5.41) is 13.4. The van der Waals surface area contributed by atoms with Crippen molar-refractivity contribution in [1.29, 1.82) is 0 Å². The Labute approximate surface area is 122 Å². The number of rotatable bonds is 5. The average Bonchev–Trinajstić information content (AvgIpc) is 2.49. The van der Waals surface area contributed by atoms with Crippen LogP contribution in [0.1, 0.15) is 23.0 Å². The molecule has 0 spiro atoms. The molecule has 1 amide bonds. The van der Waals surface area contributed by atoms with E-state index in [1.807, 2.05) is 6.92 Å². The van der Waals surface area contributed by atoms with Crippen molar-refractivity contribution in [3.63, 3.8) is 0 Å². The van der Waals surface area contributed by atoms with Gasteiger partial charge in [0.05, 0.1) is 0 Å². The zero-order valence-corrected chi connectivity index (χ0v) is 11.9. The molecule has 0 aliphatic carbocycles. The van der Waals surface area contributed by atoms with Gasteiger partial charge in [0.25, 0.3) is 5.91 Å². The van der Waals surface area contributed by atoms with Crippen LogP contribution in [0.5, 0.6) is 0 Å². The Kier molecular flexibility index (Phi) is 4.81. The average molecular weight is 288 g/mol. The van der Waals surface area contributed by atoms with Crippen LogP contribution in [-0.2, 0) is 6.42 Å². The topological polar surface area (TPSA) is 66.9 Å². The molecule has 0 bridgehead atoms. The van der Waals surface area contributed by atoms with Gasteiger partial charge in [-0.15, -0.1) is 10.2 Å². The van der Waals surface area contributed by atoms with E-state index in [-0.39, 0.29) is 23.5 Å². The Balaban J connectivity index is 1.93. The molecule has 2 rings (SSSR count). The Hall–Kier alpha value is -2.50. The number of nitrogens with one attached hydrogen (secondary N) is 2. The SMILES string of the molecule is CNc1ccc(C(=O)NC(C)Cc2ccc(F)cc2)nn1. The molecule has 21 heavy (non-hydrogen) atoms. The Morgan fingerprint density at radius 1 is 1.19 bits per heavy atom. The zero-order chi connectivity index (χ0) is 15.2. The van der Waals surface area contributed by atoms with Crippen LogP contribution in [0.2, 0.25) is 0 Å². The first kappa shape index (κ1) is 14.9. The summed E-state index contributed by atoms with van der Waals surface area (Å²) < 4.78 is 12.8. The summed E-state index contributed by atoms with van der Waals surface area (Å²) in [6.45, 7) is 1.89. The van der Waals surface area contributed by atoms with Gasteiger partial charge in [-0.3, -0.25) is 4.79 Å². The van der Waals surface area contributed by atoms with Crippen molar-refractivity contribution in [1.82, 2.24) is 15.5 Å². The Bertz CT molecular complexity index is 598. The van der Waals surface area contributed by atoms with Gasteiger partial charge in [-0.1, -0.05) is 12.1 Å². The molecule has 0 saturated heterocycles. The van der Waals surface area contributed by atoms with Crippen molar-refractivity contribution >= 4 is 11.7 Å². The van der Waals surface area contributed by atoms with Crippen molar-refractivity contribution in [2.24, 2.45) is 0 Å². The molecule has 0 radical (unpaired) electrons. The van der Waals surface area contributed by atoms with E-state index in [2.05, 4.69) is 20.8 Å². The first-order chi connectivity index (χ1) is 10.1. The third-order valence-electron chi connectivity index (χ3n) is 2.99. The largest absolute Gasteiger partial charge is 0.372 e. The van der Waals surface area contributed by atoms with Gasteiger partial charge in [0.2, 0.25) is 0 Å². The molecule has 0 saturated carbocycles. The fourth-order valence-electron chi connectivity index (χ4n) is 1.91. The second kappa shape index (κ2) is 6.78. The number of carbonyl (C=O) groups is 1. The van der Waals surface area contributed by atoms with Crippen LogP contribution in [-0.4, -0.2) is 29.2 Å². The summed E-state index contributed by atoms with van der Waals surface area (Å²) in [4.78, 5) is 12.0. The lowest BCUT2D eigenvalue weighted by atomic mass is 10.1. The smallest absolute Gasteiger partial charge is 0.272 e. The minimum Gasteiger partial charge on any atom is -0.372 e. The third kappa shape index (κ3) is 4.24. The fourth-order valence-corrected chi connectivity index (χ4v) is 1.91. The van der Waals surface area contributed by atoms with Crippen molar-refractivity contribution in [3.05, 3.63) is 53.5 Å². The molecule has 2 aromatic rings. The summed E-state index contributed by atoms with van der Waals surface area (Å²) in [6, 6.07) is 9.44. The predicted octanol–water partition coefficient (Wildman–Crippen LogP) is 2.02. The van der Waals surface area contributed by atoms with E-state index in [0.717, 1.165) is 5.56 Å². The molecule has 2 N–H and O–H groups in total. The molecular weight excluding hydrogens is 271 g/mol. The molecule has 110 valence electrons. The van der Waals surface area contributed by atoms with E-state index >= 15 is 0 Å². The summed E-state index contributed by atoms with van der Waals surface area (Å²) in [7, 11) is 1.73. The monoisotopic (exact) mass is 288 g/mol. The number of halogens is 1. The van der Waals surface area contributed by atoms with Crippen LogP contribution in [0.25, 0.3) is 0 Å². The van der Waals surface area contributed by atoms with Gasteiger partial charge in [-0.25, -0.2) is 4.39 Å². The molecule has 1 atom stereocenters. The van der Waals surface area contributed by atoms with Crippen LogP contribution in [0.4, 0.5) is 10.2 Å². The molecule has 1 heterocycles. The van der Waals surface area contributed by atoms with E-state index in [1.165, 1.54) is 12.1 Å². The van der Waals surface area contributed by atoms with Gasteiger partial charge in [0.15, 0.2) is 5.69 Å². The minimum atomic E-state index is -0.278. The first-order valence-corrected chi connectivity index (χ1v) is 6.65. The van der Waals surface area contributed by atoms with Crippen LogP contribution in [0.3, 0.4) is 0 Å². The second-order valence-corrected chi connectivity index (χ2v) is 4.76. The number of carbonyl (C=O) groups excluding carboxylic acids is 1. The van der Waals surface area contributed by atoms with Crippen molar-refractivity contribution in [3.8, 4) is 0 Å². The van der Waals surface area contributed by atoms with Crippen molar-refractivity contribution in [2.75, 3.05) is 12.4 Å². The number of hydrogen-bond donors (Lipinski definition) is 2.